The lowest BCUT2D eigenvalue weighted by molar-refractivity contribution is -0.135. The summed E-state index contributed by atoms with van der Waals surface area (Å²) in [5, 5.41) is 3.77. The molecule has 1 aromatic carbocycles. The van der Waals surface area contributed by atoms with Crippen molar-refractivity contribution < 1.29 is 9.59 Å². The van der Waals surface area contributed by atoms with E-state index in [1.807, 2.05) is 16.7 Å². The van der Waals surface area contributed by atoms with Crippen LogP contribution in [0.1, 0.15) is 39.0 Å². The van der Waals surface area contributed by atoms with Crippen molar-refractivity contribution in [1.82, 2.24) is 9.80 Å². The van der Waals surface area contributed by atoms with Crippen molar-refractivity contribution in [2.45, 2.75) is 51.1 Å². The zero-order valence-electron chi connectivity index (χ0n) is 15.0. The first-order valence-electron chi connectivity index (χ1n) is 9.29. The predicted octanol–water partition coefficient (Wildman–Crippen LogP) is 3.80. The Morgan fingerprint density at radius 3 is 2.62 bits per heavy atom. The molecule has 2 fully saturated rings. The Bertz CT molecular complexity index is 679. The van der Waals surface area contributed by atoms with Gasteiger partial charge in [-0.3, -0.25) is 14.5 Å². The standard InChI is InChI=1S/C19H25Cl2N3O2/c1-2-24(14-7-8-14)18(25)12-23-10-4-3-5-17(23)19(26)22-13-6-9-15(20)16(21)11-13/h6,9,11,14,17H,2-5,7-8,10,12H2,1H3,(H,22,26). The van der Waals surface area contributed by atoms with Gasteiger partial charge < -0.3 is 10.2 Å². The average Bonchev–Trinajstić information content (AvgIpc) is 3.44. The van der Waals surface area contributed by atoms with Crippen LogP contribution < -0.4 is 5.32 Å². The Morgan fingerprint density at radius 2 is 1.96 bits per heavy atom. The van der Waals surface area contributed by atoms with E-state index in [0.29, 0.717) is 28.3 Å². The lowest BCUT2D eigenvalue weighted by Gasteiger charge is -2.35. The van der Waals surface area contributed by atoms with Gasteiger partial charge in [0.1, 0.15) is 0 Å². The molecule has 2 amide bonds. The Hall–Kier alpha value is -1.30. The Morgan fingerprint density at radius 1 is 1.19 bits per heavy atom. The minimum atomic E-state index is -0.292. The molecule has 2 aliphatic rings. The molecule has 3 rings (SSSR count). The molecule has 26 heavy (non-hydrogen) atoms. The third-order valence-electron chi connectivity index (χ3n) is 5.09. The number of likely N-dealkylation sites (N-methyl/N-ethyl adjacent to an activating group) is 1. The molecule has 0 bridgehead atoms. The van der Waals surface area contributed by atoms with Crippen LogP contribution in [0.3, 0.4) is 0 Å². The normalized spacial score (nSPS) is 20.7. The van der Waals surface area contributed by atoms with Gasteiger partial charge >= 0.3 is 0 Å². The molecule has 1 heterocycles. The molecule has 0 aromatic heterocycles. The van der Waals surface area contributed by atoms with Crippen LogP contribution in [-0.4, -0.2) is 53.3 Å². The summed E-state index contributed by atoms with van der Waals surface area (Å²) >= 11 is 11.9. The van der Waals surface area contributed by atoms with Crippen LogP contribution in [0.15, 0.2) is 18.2 Å². The maximum absolute atomic E-state index is 12.8. The second-order valence-corrected chi connectivity index (χ2v) is 7.83. The van der Waals surface area contributed by atoms with Gasteiger partial charge in [-0.05, 0) is 57.4 Å². The number of anilines is 1. The van der Waals surface area contributed by atoms with E-state index in [-0.39, 0.29) is 17.9 Å². The van der Waals surface area contributed by atoms with Crippen molar-refractivity contribution >= 4 is 40.7 Å². The topological polar surface area (TPSA) is 52.7 Å². The van der Waals surface area contributed by atoms with Crippen LogP contribution in [0.4, 0.5) is 5.69 Å². The monoisotopic (exact) mass is 397 g/mol. The summed E-state index contributed by atoms with van der Waals surface area (Å²) in [6, 6.07) is 5.15. The first kappa shape index (κ1) is 19.5. The molecule has 1 aromatic rings. The number of halogens is 2. The summed E-state index contributed by atoms with van der Waals surface area (Å²) in [7, 11) is 0. The van der Waals surface area contributed by atoms with Gasteiger partial charge in [0.05, 0.1) is 22.6 Å². The summed E-state index contributed by atoms with van der Waals surface area (Å²) in [4.78, 5) is 29.4. The third-order valence-corrected chi connectivity index (χ3v) is 5.83. The van der Waals surface area contributed by atoms with Crippen molar-refractivity contribution in [3.8, 4) is 0 Å². The average molecular weight is 398 g/mol. The Labute approximate surface area is 164 Å². The minimum Gasteiger partial charge on any atom is -0.339 e. The van der Waals surface area contributed by atoms with Gasteiger partial charge in [-0.1, -0.05) is 29.6 Å². The highest BCUT2D eigenvalue weighted by Gasteiger charge is 2.35. The summed E-state index contributed by atoms with van der Waals surface area (Å²) < 4.78 is 0. The first-order chi connectivity index (χ1) is 12.5. The van der Waals surface area contributed by atoms with Gasteiger partial charge in [0.2, 0.25) is 11.8 Å². The largest absolute Gasteiger partial charge is 0.339 e. The zero-order valence-corrected chi connectivity index (χ0v) is 16.5. The molecule has 142 valence electrons. The number of carbonyl (C=O) groups excluding carboxylic acids is 2. The number of nitrogens with one attached hydrogen (secondary N) is 1. The van der Waals surface area contributed by atoms with Crippen LogP contribution >= 0.6 is 23.2 Å². The smallest absolute Gasteiger partial charge is 0.241 e. The van der Waals surface area contributed by atoms with Gasteiger partial charge in [-0.25, -0.2) is 0 Å². The number of hydrogen-bond donors (Lipinski definition) is 1. The van der Waals surface area contributed by atoms with E-state index < -0.39 is 0 Å². The number of rotatable bonds is 6. The summed E-state index contributed by atoms with van der Waals surface area (Å²) in [5.41, 5.74) is 0.620. The predicted molar refractivity (Wildman–Crippen MR) is 105 cm³/mol. The van der Waals surface area contributed by atoms with Crippen LogP contribution in [0.25, 0.3) is 0 Å². The fourth-order valence-corrected chi connectivity index (χ4v) is 3.86. The fourth-order valence-electron chi connectivity index (χ4n) is 3.57. The molecule has 1 saturated heterocycles. The quantitative estimate of drug-likeness (QED) is 0.793. The van der Waals surface area contributed by atoms with Gasteiger partial charge in [-0.2, -0.15) is 0 Å². The highest BCUT2D eigenvalue weighted by Crippen LogP contribution is 2.28. The van der Waals surface area contributed by atoms with E-state index >= 15 is 0 Å². The van der Waals surface area contributed by atoms with E-state index in [2.05, 4.69) is 5.32 Å². The van der Waals surface area contributed by atoms with E-state index in [1.54, 1.807) is 18.2 Å². The number of hydrogen-bond acceptors (Lipinski definition) is 3. The third kappa shape index (κ3) is 4.70. The number of benzene rings is 1. The van der Waals surface area contributed by atoms with Gasteiger partial charge in [0.25, 0.3) is 0 Å². The molecule has 5 nitrogen and oxygen atoms in total. The van der Waals surface area contributed by atoms with E-state index in [4.69, 9.17) is 23.2 Å². The second-order valence-electron chi connectivity index (χ2n) is 7.01. The molecule has 1 N–H and O–H groups in total. The van der Waals surface area contributed by atoms with E-state index in [0.717, 1.165) is 45.2 Å². The second kappa shape index (κ2) is 8.59. The number of amides is 2. The van der Waals surface area contributed by atoms with Gasteiger partial charge in [-0.15, -0.1) is 0 Å². The number of nitrogens with zero attached hydrogens (tertiary/aromatic N) is 2. The molecule has 1 atom stereocenters. The lowest BCUT2D eigenvalue weighted by atomic mass is 10.0. The molecule has 1 unspecified atom stereocenters. The summed E-state index contributed by atoms with van der Waals surface area (Å²) in [6.45, 7) is 3.83. The fraction of sp³-hybridized carbons (Fsp3) is 0.579. The molecule has 7 heteroatoms. The van der Waals surface area contributed by atoms with Crippen LogP contribution in [0, 0.1) is 0 Å². The van der Waals surface area contributed by atoms with Gasteiger partial charge in [0.15, 0.2) is 0 Å². The number of piperidine rings is 1. The Balaban J connectivity index is 1.64. The molecule has 1 saturated carbocycles. The molecule has 0 radical (unpaired) electrons. The maximum atomic E-state index is 12.8. The highest BCUT2D eigenvalue weighted by molar-refractivity contribution is 6.42. The highest BCUT2D eigenvalue weighted by atomic mass is 35.5. The molecule has 0 spiro atoms. The summed E-state index contributed by atoms with van der Waals surface area (Å²) in [6.07, 6.45) is 4.96. The summed E-state index contributed by atoms with van der Waals surface area (Å²) in [5.74, 6) is 0.0367. The van der Waals surface area contributed by atoms with E-state index in [1.165, 1.54) is 0 Å². The minimum absolute atomic E-state index is 0.0923. The van der Waals surface area contributed by atoms with Crippen LogP contribution in [0.5, 0.6) is 0 Å². The maximum Gasteiger partial charge on any atom is 0.241 e. The lowest BCUT2D eigenvalue weighted by Crippen LogP contribution is -2.51. The van der Waals surface area contributed by atoms with Crippen molar-refractivity contribution in [1.29, 1.82) is 0 Å². The molecule has 1 aliphatic carbocycles. The first-order valence-corrected chi connectivity index (χ1v) is 10.0. The zero-order chi connectivity index (χ0) is 18.7. The van der Waals surface area contributed by atoms with Crippen LogP contribution in [0.2, 0.25) is 10.0 Å². The van der Waals surface area contributed by atoms with Crippen molar-refractivity contribution in [3.63, 3.8) is 0 Å². The van der Waals surface area contributed by atoms with Crippen molar-refractivity contribution in [2.24, 2.45) is 0 Å². The molecule has 1 aliphatic heterocycles. The molecular formula is C19H25Cl2N3O2. The molecular weight excluding hydrogens is 373 g/mol. The number of likely N-dealkylation sites (tertiary alicyclic amines) is 1. The number of carbonyl (C=O) groups is 2. The SMILES string of the molecule is CCN(C(=O)CN1CCCCC1C(=O)Nc1ccc(Cl)c(Cl)c1)C1CC1. The van der Waals surface area contributed by atoms with E-state index in [9.17, 15) is 9.59 Å². The van der Waals surface area contributed by atoms with Crippen LogP contribution in [-0.2, 0) is 9.59 Å². The van der Waals surface area contributed by atoms with Gasteiger partial charge in [0, 0.05) is 18.3 Å². The van der Waals surface area contributed by atoms with Crippen molar-refractivity contribution in [3.05, 3.63) is 28.2 Å². The van der Waals surface area contributed by atoms with Crippen molar-refractivity contribution in [2.75, 3.05) is 25.0 Å². The Kier molecular flexibility index (Phi) is 6.43.